The number of carbonyl (C=O) groups excluding carboxylic acids is 1. The second-order valence-electron chi connectivity index (χ2n) is 0.0645. The first kappa shape index (κ1) is 8.82. The second kappa shape index (κ2) is 9.65. The van der Waals surface area contributed by atoms with Crippen molar-refractivity contribution < 1.29 is 23.5 Å². The zero-order valence-corrected chi connectivity index (χ0v) is 4.00. The van der Waals surface area contributed by atoms with Crippen molar-refractivity contribution in [1.29, 1.82) is 0 Å². The molecular weight excluding hydrogens is 170 g/mol. The molecule has 0 aliphatic carbocycles. The van der Waals surface area contributed by atoms with Crippen molar-refractivity contribution in [2.45, 2.75) is 0 Å². The Labute approximate surface area is 40.7 Å². The van der Waals surface area contributed by atoms with Gasteiger partial charge in [-0.3, -0.25) is 0 Å². The van der Waals surface area contributed by atoms with E-state index in [-0.39, 0.29) is 12.4 Å². The molecule has 0 aromatic rings. The molecule has 0 saturated heterocycles. The van der Waals surface area contributed by atoms with E-state index < -0.39 is 0 Å². The molecule has 4 heavy (non-hydrogen) atoms. The van der Waals surface area contributed by atoms with Gasteiger partial charge in [0.25, 0.3) is 0 Å². The molecule has 0 saturated carbocycles. The Bertz CT molecular complexity index is 29.0. The SMILES string of the molecule is Cl.O=[C]=[Pd]. The summed E-state index contributed by atoms with van der Waals surface area (Å²) in [4.78, 5) is 8.61. The zero-order valence-electron chi connectivity index (χ0n) is 1.63. The fraction of sp³-hybridized carbons (Fsp3) is 0. The van der Waals surface area contributed by atoms with Crippen LogP contribution in [0.1, 0.15) is 0 Å². The maximum atomic E-state index is 8.61. The Hall–Kier alpha value is 0.532. The zero-order chi connectivity index (χ0) is 2.71. The van der Waals surface area contributed by atoms with Crippen LogP contribution in [-0.2, 0) is 23.5 Å². The predicted octanol–water partition coefficient (Wildman–Crippen LogP) is 0.0222. The van der Waals surface area contributed by atoms with Gasteiger partial charge in [-0.1, -0.05) is 0 Å². The first-order valence-corrected chi connectivity index (χ1v) is 1.14. The van der Waals surface area contributed by atoms with Gasteiger partial charge in [-0.05, 0) is 0 Å². The summed E-state index contributed by atoms with van der Waals surface area (Å²) >= 11 is 2.14. The van der Waals surface area contributed by atoms with Gasteiger partial charge < -0.3 is 0 Å². The van der Waals surface area contributed by atoms with Crippen LogP contribution in [0, 0.1) is 0 Å². The van der Waals surface area contributed by atoms with Crippen molar-refractivity contribution >= 4 is 16.8 Å². The molecule has 0 fully saturated rings. The molecule has 0 aliphatic heterocycles. The van der Waals surface area contributed by atoms with E-state index in [1.165, 1.54) is 4.35 Å². The van der Waals surface area contributed by atoms with E-state index in [1.807, 2.05) is 0 Å². The van der Waals surface area contributed by atoms with Gasteiger partial charge in [0, 0.05) is 0 Å². The minimum atomic E-state index is 0. The normalized spacial score (nSPS) is 2.50. The summed E-state index contributed by atoms with van der Waals surface area (Å²) in [6.45, 7) is 0. The third kappa shape index (κ3) is 21.0. The Kier molecular flexibility index (Phi) is 21.3. The molecule has 0 atom stereocenters. The summed E-state index contributed by atoms with van der Waals surface area (Å²) in [7, 11) is 0. The van der Waals surface area contributed by atoms with Crippen LogP contribution in [0.5, 0.6) is 0 Å². The van der Waals surface area contributed by atoms with Crippen LogP contribution in [0.3, 0.4) is 0 Å². The average Bonchev–Trinajstić information content (AvgIpc) is 0.918. The van der Waals surface area contributed by atoms with Crippen LogP contribution in [0.25, 0.3) is 0 Å². The van der Waals surface area contributed by atoms with Gasteiger partial charge in [0.2, 0.25) is 0 Å². The number of hydrogen-bond donors (Lipinski definition) is 0. The van der Waals surface area contributed by atoms with Crippen molar-refractivity contribution in [3.8, 4) is 0 Å². The monoisotopic (exact) mass is 170 g/mol. The molecule has 0 spiro atoms. The van der Waals surface area contributed by atoms with Crippen LogP contribution >= 0.6 is 12.4 Å². The molecule has 0 aliphatic rings. The van der Waals surface area contributed by atoms with Crippen LogP contribution in [-0.4, -0.2) is 4.35 Å². The number of hydrogen-bond acceptors (Lipinski definition) is 1. The van der Waals surface area contributed by atoms with Crippen molar-refractivity contribution in [3.05, 3.63) is 0 Å². The molecule has 0 bridgehead atoms. The van der Waals surface area contributed by atoms with Gasteiger partial charge in [0.1, 0.15) is 0 Å². The van der Waals surface area contributed by atoms with E-state index in [9.17, 15) is 0 Å². The van der Waals surface area contributed by atoms with E-state index in [0.717, 1.165) is 0 Å². The van der Waals surface area contributed by atoms with Crippen molar-refractivity contribution in [1.82, 2.24) is 0 Å². The Morgan fingerprint density at radius 2 is 1.75 bits per heavy atom. The van der Waals surface area contributed by atoms with Gasteiger partial charge in [-0.2, -0.15) is 0 Å². The molecule has 0 rings (SSSR count). The van der Waals surface area contributed by atoms with Gasteiger partial charge >= 0.3 is 27.9 Å². The Morgan fingerprint density at radius 3 is 1.75 bits per heavy atom. The van der Waals surface area contributed by atoms with Crippen LogP contribution in [0.4, 0.5) is 0 Å². The summed E-state index contributed by atoms with van der Waals surface area (Å²) in [6.07, 6.45) is 0. The predicted molar refractivity (Wildman–Crippen MR) is 12.9 cm³/mol. The Balaban J connectivity index is 0. The molecule has 0 radical (unpaired) electrons. The molecular formula is CHClOPd. The van der Waals surface area contributed by atoms with E-state index in [1.54, 1.807) is 0 Å². The molecule has 0 aromatic carbocycles. The molecule has 0 amide bonds. The van der Waals surface area contributed by atoms with Crippen LogP contribution < -0.4 is 0 Å². The van der Waals surface area contributed by atoms with E-state index in [0.29, 0.717) is 0 Å². The van der Waals surface area contributed by atoms with Crippen LogP contribution in [0.2, 0.25) is 0 Å². The summed E-state index contributed by atoms with van der Waals surface area (Å²) in [6, 6.07) is 0. The van der Waals surface area contributed by atoms with E-state index in [4.69, 9.17) is 4.79 Å². The van der Waals surface area contributed by atoms with Gasteiger partial charge in [0.05, 0.1) is 0 Å². The van der Waals surface area contributed by atoms with Crippen molar-refractivity contribution in [2.24, 2.45) is 0 Å². The Morgan fingerprint density at radius 1 is 1.75 bits per heavy atom. The average molecular weight is 171 g/mol. The summed E-state index contributed by atoms with van der Waals surface area (Å²) in [5, 5.41) is 0. The molecule has 1 nitrogen and oxygen atoms in total. The van der Waals surface area contributed by atoms with Crippen LogP contribution in [0.15, 0.2) is 0 Å². The fourth-order valence-corrected chi connectivity index (χ4v) is 0. The molecule has 28 valence electrons. The maximum absolute atomic E-state index is 8.61. The molecule has 3 heteroatoms. The first-order valence-electron chi connectivity index (χ1n) is 0.362. The third-order valence-electron chi connectivity index (χ3n) is 0. The summed E-state index contributed by atoms with van der Waals surface area (Å²) < 4.78 is 1.35. The first-order chi connectivity index (χ1) is 1.41. The standard InChI is InChI=1S/CO.ClH.Pd/c1-2;;/h;1H;. The third-order valence-corrected chi connectivity index (χ3v) is 0. The van der Waals surface area contributed by atoms with Gasteiger partial charge in [0.15, 0.2) is 0 Å². The minimum absolute atomic E-state index is 0. The molecule has 0 aromatic heterocycles. The number of halogens is 1. The quantitative estimate of drug-likeness (QED) is 0.469. The topological polar surface area (TPSA) is 17.1 Å². The molecule has 0 heterocycles. The summed E-state index contributed by atoms with van der Waals surface area (Å²) in [5.41, 5.74) is 0. The number of rotatable bonds is 0. The van der Waals surface area contributed by atoms with Crippen molar-refractivity contribution in [2.75, 3.05) is 0 Å². The fourth-order valence-electron chi connectivity index (χ4n) is 0. The van der Waals surface area contributed by atoms with E-state index in [2.05, 4.69) is 18.7 Å². The van der Waals surface area contributed by atoms with Gasteiger partial charge in [-0.15, -0.1) is 12.4 Å². The van der Waals surface area contributed by atoms with Gasteiger partial charge in [-0.25, -0.2) is 0 Å². The van der Waals surface area contributed by atoms with Crippen molar-refractivity contribution in [3.63, 3.8) is 0 Å². The molecule has 0 N–H and O–H groups in total. The molecule has 0 unspecified atom stereocenters. The summed E-state index contributed by atoms with van der Waals surface area (Å²) in [5.74, 6) is 0. The second-order valence-corrected chi connectivity index (χ2v) is 0.382. The van der Waals surface area contributed by atoms with E-state index >= 15 is 0 Å².